The number of esters is 1. The topological polar surface area (TPSA) is 77.0 Å². The highest BCUT2D eigenvalue weighted by molar-refractivity contribution is 8.14. The highest BCUT2D eigenvalue weighted by Gasteiger charge is 2.30. The molecule has 0 aromatic carbocycles. The second-order valence-corrected chi connectivity index (χ2v) is 4.80. The van der Waals surface area contributed by atoms with Gasteiger partial charge in [0.25, 0.3) is 0 Å². The number of thioether (sulfide) groups is 1. The van der Waals surface area contributed by atoms with Gasteiger partial charge < -0.3 is 14.8 Å². The molecule has 2 atom stereocenters. The average molecular weight is 286 g/mol. The van der Waals surface area contributed by atoms with Gasteiger partial charge in [0.1, 0.15) is 0 Å². The summed E-state index contributed by atoms with van der Waals surface area (Å²) in [4.78, 5) is 27.1. The first-order chi connectivity index (χ1) is 9.12. The third-order valence-corrected chi connectivity index (χ3v) is 3.58. The molecule has 19 heavy (non-hydrogen) atoms. The van der Waals surface area contributed by atoms with Gasteiger partial charge in [0, 0.05) is 5.75 Å². The standard InChI is InChI=1S/C12H18N2O4S/c1-4-6-8(14-12(16)18-5-2)10-13-9(7-19-10)11(15)17-3/h4,8-9H,1,5-7H2,2-3H3,(H,14,16)/t8?,9-/m0/s1. The number of methoxy groups -OCH3 is 1. The molecule has 0 saturated carbocycles. The zero-order valence-electron chi connectivity index (χ0n) is 11.0. The number of carbonyl (C=O) groups is 2. The minimum atomic E-state index is -0.501. The Morgan fingerprint density at radius 1 is 1.68 bits per heavy atom. The van der Waals surface area contributed by atoms with Gasteiger partial charge in [0.15, 0.2) is 6.04 Å². The zero-order valence-corrected chi connectivity index (χ0v) is 11.9. The number of rotatable bonds is 6. The van der Waals surface area contributed by atoms with E-state index in [4.69, 9.17) is 4.74 Å². The van der Waals surface area contributed by atoms with E-state index in [2.05, 4.69) is 21.6 Å². The van der Waals surface area contributed by atoms with Crippen LogP contribution in [0.25, 0.3) is 0 Å². The summed E-state index contributed by atoms with van der Waals surface area (Å²) in [6.07, 6.45) is 1.71. The molecule has 1 amide bonds. The van der Waals surface area contributed by atoms with E-state index in [9.17, 15) is 9.59 Å². The second kappa shape index (κ2) is 7.83. The van der Waals surface area contributed by atoms with Crippen molar-refractivity contribution in [2.75, 3.05) is 19.5 Å². The first-order valence-electron chi connectivity index (χ1n) is 5.94. The van der Waals surface area contributed by atoms with Crippen molar-refractivity contribution in [3.8, 4) is 0 Å². The van der Waals surface area contributed by atoms with Crippen LogP contribution in [0.4, 0.5) is 4.79 Å². The smallest absolute Gasteiger partial charge is 0.407 e. The van der Waals surface area contributed by atoms with Crippen molar-refractivity contribution in [3.05, 3.63) is 12.7 Å². The van der Waals surface area contributed by atoms with Crippen molar-refractivity contribution in [2.45, 2.75) is 25.4 Å². The van der Waals surface area contributed by atoms with E-state index in [0.717, 1.165) is 0 Å². The van der Waals surface area contributed by atoms with Crippen LogP contribution in [-0.2, 0) is 14.3 Å². The van der Waals surface area contributed by atoms with Gasteiger partial charge in [-0.25, -0.2) is 9.59 Å². The van der Waals surface area contributed by atoms with Crippen LogP contribution in [0.2, 0.25) is 0 Å². The van der Waals surface area contributed by atoms with E-state index in [1.54, 1.807) is 13.0 Å². The van der Waals surface area contributed by atoms with Crippen LogP contribution in [0.5, 0.6) is 0 Å². The molecule has 1 aliphatic rings. The highest BCUT2D eigenvalue weighted by atomic mass is 32.2. The molecule has 7 heteroatoms. The van der Waals surface area contributed by atoms with E-state index in [0.29, 0.717) is 23.8 Å². The van der Waals surface area contributed by atoms with Crippen LogP contribution < -0.4 is 5.32 Å². The first kappa shape index (κ1) is 15.6. The second-order valence-electron chi connectivity index (χ2n) is 3.76. The van der Waals surface area contributed by atoms with Gasteiger partial charge >= 0.3 is 12.1 Å². The molecular weight excluding hydrogens is 268 g/mol. The maximum atomic E-state index is 11.4. The molecule has 0 spiro atoms. The molecule has 1 N–H and O–H groups in total. The van der Waals surface area contributed by atoms with Gasteiger partial charge in [-0.2, -0.15) is 0 Å². The lowest BCUT2D eigenvalue weighted by atomic mass is 10.2. The summed E-state index contributed by atoms with van der Waals surface area (Å²) in [5.74, 6) is 0.163. The quantitative estimate of drug-likeness (QED) is 0.589. The summed E-state index contributed by atoms with van der Waals surface area (Å²) in [6, 6.07) is -0.808. The van der Waals surface area contributed by atoms with E-state index < -0.39 is 12.1 Å². The van der Waals surface area contributed by atoms with E-state index in [-0.39, 0.29) is 12.0 Å². The summed E-state index contributed by atoms with van der Waals surface area (Å²) in [5.41, 5.74) is 0. The summed E-state index contributed by atoms with van der Waals surface area (Å²) >= 11 is 1.43. The lowest BCUT2D eigenvalue weighted by Crippen LogP contribution is -2.39. The maximum Gasteiger partial charge on any atom is 0.407 e. The van der Waals surface area contributed by atoms with Crippen molar-refractivity contribution in [1.29, 1.82) is 0 Å². The fourth-order valence-corrected chi connectivity index (χ4v) is 2.64. The minimum absolute atomic E-state index is 0.303. The Morgan fingerprint density at radius 3 is 3.00 bits per heavy atom. The van der Waals surface area contributed by atoms with Gasteiger partial charge in [-0.1, -0.05) is 6.08 Å². The van der Waals surface area contributed by atoms with Gasteiger partial charge in [-0.15, -0.1) is 18.3 Å². The lowest BCUT2D eigenvalue weighted by molar-refractivity contribution is -0.141. The number of alkyl carbamates (subject to hydrolysis) is 1. The summed E-state index contributed by atoms with van der Waals surface area (Å²) in [7, 11) is 1.33. The number of hydrogen-bond acceptors (Lipinski definition) is 6. The summed E-state index contributed by atoms with van der Waals surface area (Å²) < 4.78 is 9.48. The largest absolute Gasteiger partial charge is 0.467 e. The zero-order chi connectivity index (χ0) is 14.3. The predicted octanol–water partition coefficient (Wildman–Crippen LogP) is 1.36. The van der Waals surface area contributed by atoms with Gasteiger partial charge in [0.05, 0.1) is 24.8 Å². The van der Waals surface area contributed by atoms with E-state index in [1.807, 2.05) is 0 Å². The highest BCUT2D eigenvalue weighted by Crippen LogP contribution is 2.22. The fraction of sp³-hybridized carbons (Fsp3) is 0.583. The molecule has 0 bridgehead atoms. The number of carbonyl (C=O) groups excluding carboxylic acids is 2. The molecule has 1 heterocycles. The van der Waals surface area contributed by atoms with Crippen molar-refractivity contribution in [1.82, 2.24) is 5.32 Å². The molecule has 0 saturated heterocycles. The maximum absolute atomic E-state index is 11.4. The van der Waals surface area contributed by atoms with Crippen LogP contribution in [-0.4, -0.2) is 48.7 Å². The van der Waals surface area contributed by atoms with Crippen molar-refractivity contribution >= 4 is 28.9 Å². The molecule has 1 aliphatic heterocycles. The summed E-state index contributed by atoms with van der Waals surface area (Å²) in [6.45, 7) is 5.68. The Balaban J connectivity index is 2.68. The fourth-order valence-electron chi connectivity index (χ4n) is 1.54. The van der Waals surface area contributed by atoms with Crippen LogP contribution in [0.3, 0.4) is 0 Å². The predicted molar refractivity (Wildman–Crippen MR) is 74.5 cm³/mol. The molecule has 0 aromatic heterocycles. The number of nitrogens with zero attached hydrogens (tertiary/aromatic N) is 1. The third-order valence-electron chi connectivity index (χ3n) is 2.41. The summed E-state index contributed by atoms with van der Waals surface area (Å²) in [5, 5.41) is 3.40. The number of nitrogens with one attached hydrogen (secondary N) is 1. The Bertz CT molecular complexity index is 384. The normalized spacial score (nSPS) is 19.3. The number of amides is 1. The SMILES string of the molecule is C=CCC(NC(=O)OCC)C1=N[C@H](C(=O)OC)CS1. The minimum Gasteiger partial charge on any atom is -0.467 e. The van der Waals surface area contributed by atoms with E-state index >= 15 is 0 Å². The lowest BCUT2D eigenvalue weighted by Gasteiger charge is -2.16. The van der Waals surface area contributed by atoms with Crippen LogP contribution in [0.15, 0.2) is 17.6 Å². The molecule has 1 rings (SSSR count). The Kier molecular flexibility index (Phi) is 6.41. The van der Waals surface area contributed by atoms with Crippen molar-refractivity contribution in [2.24, 2.45) is 4.99 Å². The number of ether oxygens (including phenoxy) is 2. The molecule has 6 nitrogen and oxygen atoms in total. The molecular formula is C12H18N2O4S. The third kappa shape index (κ3) is 4.59. The monoisotopic (exact) mass is 286 g/mol. The van der Waals surface area contributed by atoms with E-state index in [1.165, 1.54) is 18.9 Å². The molecule has 106 valence electrons. The van der Waals surface area contributed by atoms with Crippen molar-refractivity contribution < 1.29 is 19.1 Å². The Morgan fingerprint density at radius 2 is 2.42 bits per heavy atom. The van der Waals surface area contributed by atoms with Gasteiger partial charge in [-0.05, 0) is 13.3 Å². The van der Waals surface area contributed by atoms with Crippen LogP contribution >= 0.6 is 11.8 Å². The molecule has 0 radical (unpaired) electrons. The average Bonchev–Trinajstić information content (AvgIpc) is 2.87. The molecule has 1 unspecified atom stereocenters. The number of hydrogen-bond donors (Lipinski definition) is 1. The van der Waals surface area contributed by atoms with Gasteiger partial charge in [0.2, 0.25) is 0 Å². The molecule has 0 aromatic rings. The molecule has 0 aliphatic carbocycles. The van der Waals surface area contributed by atoms with Crippen LogP contribution in [0.1, 0.15) is 13.3 Å². The molecule has 0 fully saturated rings. The Labute approximate surface area is 116 Å². The first-order valence-corrected chi connectivity index (χ1v) is 6.93. The van der Waals surface area contributed by atoms with Crippen molar-refractivity contribution in [3.63, 3.8) is 0 Å². The van der Waals surface area contributed by atoms with Gasteiger partial charge in [-0.3, -0.25) is 4.99 Å². The van der Waals surface area contributed by atoms with Crippen LogP contribution in [0, 0.1) is 0 Å². The number of aliphatic imine (C=N–C) groups is 1. The Hall–Kier alpha value is -1.50.